The molecule has 1 N–H and O–H groups in total. The van der Waals surface area contributed by atoms with Crippen LogP contribution in [-0.4, -0.2) is 4.98 Å². The van der Waals surface area contributed by atoms with Crippen molar-refractivity contribution >= 4 is 26.8 Å². The maximum atomic E-state index is 5.76. The van der Waals surface area contributed by atoms with Gasteiger partial charge in [-0.1, -0.05) is 30.3 Å². The van der Waals surface area contributed by atoms with Gasteiger partial charge in [0.05, 0.1) is 5.52 Å². The Morgan fingerprint density at radius 2 is 1.83 bits per heavy atom. The van der Waals surface area contributed by atoms with E-state index in [0.29, 0.717) is 6.61 Å². The van der Waals surface area contributed by atoms with E-state index in [1.165, 1.54) is 5.39 Å². The summed E-state index contributed by atoms with van der Waals surface area (Å²) in [5.41, 5.74) is 2.28. The Kier molecular flexibility index (Phi) is 3.07. The van der Waals surface area contributed by atoms with E-state index < -0.39 is 0 Å². The van der Waals surface area contributed by atoms with Gasteiger partial charge in [-0.15, -0.1) is 0 Å². The van der Waals surface area contributed by atoms with E-state index in [1.807, 2.05) is 48.7 Å². The lowest BCUT2D eigenvalue weighted by Gasteiger charge is -2.04. The Hall–Kier alpha value is -1.74. The second-order valence-electron chi connectivity index (χ2n) is 4.08. The number of rotatable bonds is 3. The van der Waals surface area contributed by atoms with Crippen molar-refractivity contribution in [3.63, 3.8) is 0 Å². The Labute approximate surface area is 114 Å². The van der Waals surface area contributed by atoms with Gasteiger partial charge < -0.3 is 9.72 Å². The van der Waals surface area contributed by atoms with Crippen LogP contribution in [0.15, 0.2) is 59.2 Å². The molecule has 18 heavy (non-hydrogen) atoms. The molecule has 0 radical (unpaired) electrons. The lowest BCUT2D eigenvalue weighted by atomic mass is 10.2. The van der Waals surface area contributed by atoms with Crippen LogP contribution < -0.4 is 4.74 Å². The van der Waals surface area contributed by atoms with Crippen LogP contribution in [0, 0.1) is 0 Å². The monoisotopic (exact) mass is 301 g/mol. The molecule has 0 fully saturated rings. The predicted octanol–water partition coefficient (Wildman–Crippen LogP) is 4.51. The molecule has 3 rings (SSSR count). The van der Waals surface area contributed by atoms with E-state index >= 15 is 0 Å². The largest absolute Gasteiger partial charge is 0.489 e. The fourth-order valence-electron chi connectivity index (χ4n) is 1.97. The molecule has 0 aliphatic rings. The first kappa shape index (κ1) is 11.4. The van der Waals surface area contributed by atoms with Crippen molar-refractivity contribution in [2.45, 2.75) is 6.61 Å². The third-order valence-electron chi connectivity index (χ3n) is 2.89. The summed E-state index contributed by atoms with van der Waals surface area (Å²) in [5, 5.41) is 1.19. The Bertz CT molecular complexity index is 661. The predicted molar refractivity (Wildman–Crippen MR) is 76.8 cm³/mol. The number of aromatic nitrogens is 1. The molecule has 0 bridgehead atoms. The van der Waals surface area contributed by atoms with Crippen molar-refractivity contribution in [3.8, 4) is 5.75 Å². The molecule has 0 spiro atoms. The summed E-state index contributed by atoms with van der Waals surface area (Å²) in [6, 6.07) is 16.0. The van der Waals surface area contributed by atoms with Crippen LogP contribution in [0.5, 0.6) is 5.75 Å². The Morgan fingerprint density at radius 1 is 1.00 bits per heavy atom. The second-order valence-corrected chi connectivity index (χ2v) is 4.93. The molecule has 0 aliphatic heterocycles. The van der Waals surface area contributed by atoms with Crippen molar-refractivity contribution in [2.24, 2.45) is 0 Å². The zero-order valence-corrected chi connectivity index (χ0v) is 11.3. The normalized spacial score (nSPS) is 10.7. The molecule has 90 valence electrons. The molecule has 0 unspecified atom stereocenters. The fraction of sp³-hybridized carbons (Fsp3) is 0.0667. The number of nitrogens with one attached hydrogen (secondary N) is 1. The minimum absolute atomic E-state index is 0.570. The van der Waals surface area contributed by atoms with Crippen molar-refractivity contribution < 1.29 is 4.74 Å². The van der Waals surface area contributed by atoms with Crippen LogP contribution in [-0.2, 0) is 6.61 Å². The van der Waals surface area contributed by atoms with E-state index in [-0.39, 0.29) is 0 Å². The van der Waals surface area contributed by atoms with Gasteiger partial charge >= 0.3 is 0 Å². The SMILES string of the molecule is Brc1cccc2c(COc3ccccc3)c[nH]c12. The molecular formula is C15H12BrNO. The number of fused-ring (bicyclic) bond motifs is 1. The van der Waals surface area contributed by atoms with Crippen molar-refractivity contribution in [1.82, 2.24) is 4.98 Å². The van der Waals surface area contributed by atoms with Crippen molar-refractivity contribution in [2.75, 3.05) is 0 Å². The standard InChI is InChI=1S/C15H12BrNO/c16-14-8-4-7-13-11(9-17-15(13)14)10-18-12-5-2-1-3-6-12/h1-9,17H,10H2. The highest BCUT2D eigenvalue weighted by molar-refractivity contribution is 9.10. The van der Waals surface area contributed by atoms with Gasteiger partial charge in [0.15, 0.2) is 0 Å². The van der Waals surface area contributed by atoms with Crippen LogP contribution in [0.25, 0.3) is 10.9 Å². The Balaban J connectivity index is 1.85. The van der Waals surface area contributed by atoms with Gasteiger partial charge in [0.1, 0.15) is 12.4 Å². The van der Waals surface area contributed by atoms with E-state index in [1.54, 1.807) is 0 Å². The highest BCUT2D eigenvalue weighted by Crippen LogP contribution is 2.26. The fourth-order valence-corrected chi connectivity index (χ4v) is 2.45. The summed E-state index contributed by atoms with van der Waals surface area (Å²) < 4.78 is 6.84. The lowest BCUT2D eigenvalue weighted by molar-refractivity contribution is 0.307. The first-order chi connectivity index (χ1) is 8.84. The molecule has 0 saturated heterocycles. The molecule has 1 aromatic heterocycles. The van der Waals surface area contributed by atoms with Gasteiger partial charge in [0, 0.05) is 21.6 Å². The number of ether oxygens (including phenoxy) is 1. The van der Waals surface area contributed by atoms with Crippen LogP contribution >= 0.6 is 15.9 Å². The zero-order valence-electron chi connectivity index (χ0n) is 9.69. The average Bonchev–Trinajstić information content (AvgIpc) is 2.82. The number of aromatic amines is 1. The van der Waals surface area contributed by atoms with Crippen molar-refractivity contribution in [3.05, 3.63) is 64.8 Å². The topological polar surface area (TPSA) is 25.0 Å². The number of hydrogen-bond donors (Lipinski definition) is 1. The molecule has 0 amide bonds. The summed E-state index contributed by atoms with van der Waals surface area (Å²) in [4.78, 5) is 3.27. The van der Waals surface area contributed by atoms with E-state index in [9.17, 15) is 0 Å². The maximum Gasteiger partial charge on any atom is 0.119 e. The summed E-state index contributed by atoms with van der Waals surface area (Å²) in [5.74, 6) is 0.891. The number of para-hydroxylation sites is 2. The third-order valence-corrected chi connectivity index (χ3v) is 3.55. The quantitative estimate of drug-likeness (QED) is 0.756. The van der Waals surface area contributed by atoms with Gasteiger partial charge in [0.25, 0.3) is 0 Å². The van der Waals surface area contributed by atoms with Crippen LogP contribution in [0.3, 0.4) is 0 Å². The van der Waals surface area contributed by atoms with Crippen LogP contribution in [0.1, 0.15) is 5.56 Å². The molecule has 0 saturated carbocycles. The number of H-pyrrole nitrogens is 1. The maximum absolute atomic E-state index is 5.76. The van der Waals surface area contributed by atoms with Gasteiger partial charge in [-0.25, -0.2) is 0 Å². The lowest BCUT2D eigenvalue weighted by Crippen LogP contribution is -1.93. The Morgan fingerprint density at radius 3 is 2.67 bits per heavy atom. The molecule has 3 heteroatoms. The molecule has 1 heterocycles. The second kappa shape index (κ2) is 4.86. The highest BCUT2D eigenvalue weighted by Gasteiger charge is 2.06. The van der Waals surface area contributed by atoms with Crippen LogP contribution in [0.4, 0.5) is 0 Å². The van der Waals surface area contributed by atoms with Gasteiger partial charge in [-0.2, -0.15) is 0 Å². The molecule has 0 atom stereocenters. The summed E-state index contributed by atoms with van der Waals surface area (Å²) in [7, 11) is 0. The zero-order chi connectivity index (χ0) is 12.4. The van der Waals surface area contributed by atoms with Crippen molar-refractivity contribution in [1.29, 1.82) is 0 Å². The van der Waals surface area contributed by atoms with Crippen LogP contribution in [0.2, 0.25) is 0 Å². The highest BCUT2D eigenvalue weighted by atomic mass is 79.9. The van der Waals surface area contributed by atoms with Gasteiger partial charge in [-0.3, -0.25) is 0 Å². The molecule has 2 nitrogen and oxygen atoms in total. The number of halogens is 1. The van der Waals surface area contributed by atoms with E-state index in [4.69, 9.17) is 4.74 Å². The molecule has 2 aromatic carbocycles. The first-order valence-corrected chi connectivity index (χ1v) is 6.56. The summed E-state index contributed by atoms with van der Waals surface area (Å²) in [6.45, 7) is 0.570. The third kappa shape index (κ3) is 2.14. The minimum Gasteiger partial charge on any atom is -0.489 e. The van der Waals surface area contributed by atoms with E-state index in [0.717, 1.165) is 21.3 Å². The number of benzene rings is 2. The summed E-state index contributed by atoms with van der Waals surface area (Å²) >= 11 is 3.53. The molecule has 0 aliphatic carbocycles. The first-order valence-electron chi connectivity index (χ1n) is 5.77. The smallest absolute Gasteiger partial charge is 0.119 e. The minimum atomic E-state index is 0.570. The van der Waals surface area contributed by atoms with Gasteiger partial charge in [0.2, 0.25) is 0 Å². The summed E-state index contributed by atoms with van der Waals surface area (Å²) in [6.07, 6.45) is 2.00. The van der Waals surface area contributed by atoms with Gasteiger partial charge in [-0.05, 0) is 34.1 Å². The number of hydrogen-bond acceptors (Lipinski definition) is 1. The average molecular weight is 302 g/mol. The van der Waals surface area contributed by atoms with E-state index in [2.05, 4.69) is 27.0 Å². The molecular weight excluding hydrogens is 290 g/mol. The molecule has 3 aromatic rings.